The van der Waals surface area contributed by atoms with Crippen molar-refractivity contribution in [1.29, 1.82) is 0 Å². The second-order valence-corrected chi connectivity index (χ2v) is 6.60. The molecule has 1 unspecified atom stereocenters. The van der Waals surface area contributed by atoms with E-state index in [4.69, 9.17) is 9.47 Å². The highest BCUT2D eigenvalue weighted by Crippen LogP contribution is 2.30. The monoisotopic (exact) mass is 326 g/mol. The third-order valence-corrected chi connectivity index (χ3v) is 3.55. The van der Waals surface area contributed by atoms with Gasteiger partial charge in [0.1, 0.15) is 11.6 Å². The van der Waals surface area contributed by atoms with Gasteiger partial charge < -0.3 is 14.8 Å². The van der Waals surface area contributed by atoms with Gasteiger partial charge in [0, 0.05) is 19.4 Å². The minimum absolute atomic E-state index is 0.187. The van der Waals surface area contributed by atoms with Gasteiger partial charge in [-0.05, 0) is 27.2 Å². The van der Waals surface area contributed by atoms with Crippen LogP contribution >= 0.6 is 0 Å². The smallest absolute Gasteiger partial charge is 0.411 e. The van der Waals surface area contributed by atoms with Gasteiger partial charge >= 0.3 is 12.1 Å². The van der Waals surface area contributed by atoms with Gasteiger partial charge in [0.25, 0.3) is 0 Å². The number of amides is 2. The van der Waals surface area contributed by atoms with E-state index in [9.17, 15) is 14.4 Å². The molecule has 0 aromatic rings. The zero-order chi connectivity index (χ0) is 17.8. The van der Waals surface area contributed by atoms with Crippen LogP contribution in [0.3, 0.4) is 0 Å². The standard InChI is InChI=1S/C16H26N2O5/c1-7-8-11-12(17-10(2)19)9-18(13(11)14(20)22-6)15(21)23-16(3,4)5/h7,11-13H,1,8-9H2,2-6H3,(H,17,19)/t11-,12?,13+/m1/s1. The molecule has 0 radical (unpaired) electrons. The third-order valence-electron chi connectivity index (χ3n) is 3.55. The lowest BCUT2D eigenvalue weighted by molar-refractivity contribution is -0.147. The fourth-order valence-electron chi connectivity index (χ4n) is 2.74. The fraction of sp³-hybridized carbons (Fsp3) is 0.688. The highest BCUT2D eigenvalue weighted by atomic mass is 16.6. The topological polar surface area (TPSA) is 84.9 Å². The summed E-state index contributed by atoms with van der Waals surface area (Å²) in [4.78, 5) is 37.4. The van der Waals surface area contributed by atoms with Crippen molar-refractivity contribution >= 4 is 18.0 Å². The largest absolute Gasteiger partial charge is 0.467 e. The SMILES string of the molecule is C=CC[C@@H]1C(NC(C)=O)CN(C(=O)OC(C)(C)C)[C@@H]1C(=O)OC. The molecule has 1 saturated heterocycles. The van der Waals surface area contributed by atoms with E-state index in [1.54, 1.807) is 26.8 Å². The summed E-state index contributed by atoms with van der Waals surface area (Å²) in [6, 6.07) is -1.17. The lowest BCUT2D eigenvalue weighted by Crippen LogP contribution is -2.46. The van der Waals surface area contributed by atoms with Crippen molar-refractivity contribution in [1.82, 2.24) is 10.2 Å². The Balaban J connectivity index is 3.10. The van der Waals surface area contributed by atoms with Gasteiger partial charge in [0.2, 0.25) is 5.91 Å². The fourth-order valence-corrected chi connectivity index (χ4v) is 2.74. The van der Waals surface area contributed by atoms with E-state index in [0.29, 0.717) is 6.42 Å². The van der Waals surface area contributed by atoms with Crippen molar-refractivity contribution in [2.24, 2.45) is 5.92 Å². The average Bonchev–Trinajstić information content (AvgIpc) is 2.75. The zero-order valence-corrected chi connectivity index (χ0v) is 14.4. The maximum absolute atomic E-state index is 12.4. The van der Waals surface area contributed by atoms with Gasteiger partial charge in [0.05, 0.1) is 13.2 Å². The van der Waals surface area contributed by atoms with Crippen LogP contribution in [0, 0.1) is 5.92 Å². The molecule has 130 valence electrons. The van der Waals surface area contributed by atoms with Crippen LogP contribution < -0.4 is 5.32 Å². The molecule has 23 heavy (non-hydrogen) atoms. The number of hydrogen-bond acceptors (Lipinski definition) is 5. The molecule has 1 fully saturated rings. The number of allylic oxidation sites excluding steroid dienone is 1. The van der Waals surface area contributed by atoms with Crippen LogP contribution in [0.25, 0.3) is 0 Å². The maximum Gasteiger partial charge on any atom is 0.411 e. The molecule has 0 bridgehead atoms. The molecule has 0 saturated carbocycles. The molecule has 2 amide bonds. The Labute approximate surface area is 137 Å². The van der Waals surface area contributed by atoms with Crippen LogP contribution in [-0.4, -0.2) is 54.2 Å². The number of carbonyl (C=O) groups excluding carboxylic acids is 3. The number of methoxy groups -OCH3 is 1. The van der Waals surface area contributed by atoms with Crippen molar-refractivity contribution in [2.75, 3.05) is 13.7 Å². The molecule has 1 heterocycles. The highest BCUT2D eigenvalue weighted by Gasteiger charge is 2.49. The van der Waals surface area contributed by atoms with E-state index in [2.05, 4.69) is 11.9 Å². The normalized spacial score (nSPS) is 24.0. The predicted octanol–water partition coefficient (Wildman–Crippen LogP) is 1.48. The molecule has 7 heteroatoms. The second-order valence-electron chi connectivity index (χ2n) is 6.60. The highest BCUT2D eigenvalue weighted by molar-refractivity contribution is 5.83. The number of esters is 1. The van der Waals surface area contributed by atoms with E-state index in [0.717, 1.165) is 0 Å². The van der Waals surface area contributed by atoms with Crippen molar-refractivity contribution < 1.29 is 23.9 Å². The Morgan fingerprint density at radius 3 is 2.39 bits per heavy atom. The number of ether oxygens (including phenoxy) is 2. The van der Waals surface area contributed by atoms with E-state index in [1.165, 1.54) is 18.9 Å². The minimum Gasteiger partial charge on any atom is -0.467 e. The predicted molar refractivity (Wildman–Crippen MR) is 84.7 cm³/mol. The summed E-state index contributed by atoms with van der Waals surface area (Å²) in [5, 5.41) is 2.79. The van der Waals surface area contributed by atoms with Crippen LogP contribution in [0.2, 0.25) is 0 Å². The van der Waals surface area contributed by atoms with Crippen LogP contribution in [0.5, 0.6) is 0 Å². The number of hydrogen-bond donors (Lipinski definition) is 1. The Morgan fingerprint density at radius 1 is 1.35 bits per heavy atom. The third kappa shape index (κ3) is 4.97. The first kappa shape index (κ1) is 19.0. The van der Waals surface area contributed by atoms with E-state index in [-0.39, 0.29) is 24.4 Å². The molecule has 1 aliphatic heterocycles. The molecule has 0 aliphatic carbocycles. The summed E-state index contributed by atoms with van der Waals surface area (Å²) in [6.07, 6.45) is 1.52. The summed E-state index contributed by atoms with van der Waals surface area (Å²) >= 11 is 0. The van der Waals surface area contributed by atoms with Crippen molar-refractivity contribution in [3.63, 3.8) is 0 Å². The quantitative estimate of drug-likeness (QED) is 0.625. The van der Waals surface area contributed by atoms with Crippen molar-refractivity contribution in [2.45, 2.75) is 51.8 Å². The minimum atomic E-state index is -0.815. The van der Waals surface area contributed by atoms with Gasteiger partial charge in [-0.3, -0.25) is 9.69 Å². The lowest BCUT2D eigenvalue weighted by Gasteiger charge is -2.28. The van der Waals surface area contributed by atoms with Gasteiger partial charge in [-0.2, -0.15) is 0 Å². The van der Waals surface area contributed by atoms with Gasteiger partial charge in [-0.15, -0.1) is 6.58 Å². The Hall–Kier alpha value is -2.05. The van der Waals surface area contributed by atoms with Crippen LogP contribution in [0.15, 0.2) is 12.7 Å². The molecule has 0 spiro atoms. The first-order chi connectivity index (χ1) is 10.6. The van der Waals surface area contributed by atoms with Crippen LogP contribution in [0.4, 0.5) is 4.79 Å². The summed E-state index contributed by atoms with van der Waals surface area (Å²) in [5.74, 6) is -1.06. The first-order valence-corrected chi connectivity index (χ1v) is 7.56. The molecular weight excluding hydrogens is 300 g/mol. The van der Waals surface area contributed by atoms with Crippen molar-refractivity contribution in [3.8, 4) is 0 Å². The van der Waals surface area contributed by atoms with Gasteiger partial charge in [0.15, 0.2) is 0 Å². The number of nitrogens with one attached hydrogen (secondary N) is 1. The number of nitrogens with zero attached hydrogens (tertiary/aromatic N) is 1. The van der Waals surface area contributed by atoms with Gasteiger partial charge in [-0.25, -0.2) is 9.59 Å². The summed E-state index contributed by atoms with van der Waals surface area (Å²) in [5.41, 5.74) is -0.683. The summed E-state index contributed by atoms with van der Waals surface area (Å²) in [6.45, 7) is 10.5. The van der Waals surface area contributed by atoms with Crippen molar-refractivity contribution in [3.05, 3.63) is 12.7 Å². The molecule has 3 atom stereocenters. The van der Waals surface area contributed by atoms with Gasteiger partial charge in [-0.1, -0.05) is 6.08 Å². The van der Waals surface area contributed by atoms with Crippen LogP contribution in [-0.2, 0) is 19.1 Å². The lowest BCUT2D eigenvalue weighted by atomic mass is 9.92. The molecule has 7 nitrogen and oxygen atoms in total. The molecular formula is C16H26N2O5. The molecule has 0 aromatic carbocycles. The van der Waals surface area contributed by atoms with E-state index in [1.807, 2.05) is 0 Å². The number of rotatable bonds is 4. The summed E-state index contributed by atoms with van der Waals surface area (Å²) < 4.78 is 10.2. The van der Waals surface area contributed by atoms with E-state index >= 15 is 0 Å². The molecule has 1 rings (SSSR count). The number of carbonyl (C=O) groups is 3. The summed E-state index contributed by atoms with van der Waals surface area (Å²) in [7, 11) is 1.27. The average molecular weight is 326 g/mol. The van der Waals surface area contributed by atoms with Crippen LogP contribution in [0.1, 0.15) is 34.1 Å². The molecule has 1 aliphatic rings. The Morgan fingerprint density at radius 2 is 1.96 bits per heavy atom. The first-order valence-electron chi connectivity index (χ1n) is 7.56. The molecule has 0 aromatic heterocycles. The maximum atomic E-state index is 12.4. The number of likely N-dealkylation sites (tertiary alicyclic amines) is 1. The zero-order valence-electron chi connectivity index (χ0n) is 14.4. The van der Waals surface area contributed by atoms with E-state index < -0.39 is 23.7 Å². The Bertz CT molecular complexity index is 483. The molecule has 1 N–H and O–H groups in total. The second kappa shape index (κ2) is 7.48. The Kier molecular flexibility index (Phi) is 6.18.